The van der Waals surface area contributed by atoms with E-state index in [2.05, 4.69) is 25.9 Å². The summed E-state index contributed by atoms with van der Waals surface area (Å²) in [6.07, 6.45) is -6.11. The van der Waals surface area contributed by atoms with E-state index in [0.717, 1.165) is 29.0 Å². The zero-order chi connectivity index (χ0) is 41.9. The number of nitrogens with one attached hydrogen (secondary N) is 3. The predicted molar refractivity (Wildman–Crippen MR) is 210 cm³/mol. The van der Waals surface area contributed by atoms with Crippen LogP contribution < -0.4 is 16.0 Å². The van der Waals surface area contributed by atoms with Crippen molar-refractivity contribution in [2.45, 2.75) is 56.1 Å². The first kappa shape index (κ1) is 44.8. The van der Waals surface area contributed by atoms with Gasteiger partial charge in [0.15, 0.2) is 11.4 Å². The van der Waals surface area contributed by atoms with Gasteiger partial charge in [-0.05, 0) is 56.2 Å². The highest BCUT2D eigenvalue weighted by Gasteiger charge is 2.32. The van der Waals surface area contributed by atoms with E-state index in [1.165, 1.54) is 26.0 Å². The molecule has 308 valence electrons. The first-order chi connectivity index (χ1) is 26.9. The van der Waals surface area contributed by atoms with E-state index in [9.17, 15) is 37.1 Å². The van der Waals surface area contributed by atoms with Gasteiger partial charge >= 0.3 is 24.2 Å². The number of aliphatic imine (C=N–C) groups is 2. The summed E-state index contributed by atoms with van der Waals surface area (Å²) >= 11 is 3.16. The number of fused-ring (bicyclic) bond motifs is 2. The first-order valence-corrected chi connectivity index (χ1v) is 19.6. The number of methoxy groups -OCH3 is 2. The van der Waals surface area contributed by atoms with Gasteiger partial charge in [-0.3, -0.25) is 24.4 Å². The molecule has 2 atom stereocenters. The standard InChI is InChI=1S/C20H25N3O5S.C15H17N3O3S.C2HF3O/c1-20(2,3)28-19(26)23-7-8-29-15(11-23)17(24)22-13-6-5-12-10-21-16(14(12)9-13)18(25)27-4;1-21-15(20)13-11-6-10(3-2-9(11)7-17-13)18-14(19)12-8-16-4-5-22-12;3-2(4,5)1-6/h5-6,9,15H,7-8,10-11H2,1-4H3,(H,22,24);2-3,6,12,16H,4-5,7-8H2,1H3,(H,18,19);1H. The third kappa shape index (κ3) is 13.0. The van der Waals surface area contributed by atoms with Gasteiger partial charge in [-0.1, -0.05) is 12.1 Å². The number of carbonyl (C=O) groups excluding carboxylic acids is 6. The minimum Gasteiger partial charge on any atom is -0.464 e. The Bertz CT molecular complexity index is 1910. The number of anilines is 2. The smallest absolute Gasteiger partial charge is 0.446 e. The molecule has 2 unspecified atom stereocenters. The zero-order valence-corrected chi connectivity index (χ0v) is 33.5. The fourth-order valence-electron chi connectivity index (χ4n) is 5.55. The van der Waals surface area contributed by atoms with Crippen LogP contribution in [0.3, 0.4) is 0 Å². The SMILES string of the molecule is COC(=O)C1=NCc2ccc(NC(=O)C3CN(C(=O)OC(C)(C)C)CCS3)cc21.COC(=O)C1=NCc2ccc(NC(=O)C3CNCCS3)cc21.O=CC(F)(F)F. The van der Waals surface area contributed by atoms with Crippen molar-refractivity contribution in [3.05, 3.63) is 58.7 Å². The zero-order valence-electron chi connectivity index (χ0n) is 31.8. The van der Waals surface area contributed by atoms with Crippen molar-refractivity contribution in [2.24, 2.45) is 9.98 Å². The minimum atomic E-state index is -4.64. The van der Waals surface area contributed by atoms with Crippen LogP contribution in [0.4, 0.5) is 29.3 Å². The molecule has 57 heavy (non-hydrogen) atoms. The van der Waals surface area contributed by atoms with Crippen LogP contribution in [0.5, 0.6) is 0 Å². The molecule has 4 aliphatic heterocycles. The number of ether oxygens (including phenoxy) is 3. The molecule has 4 aliphatic rings. The van der Waals surface area contributed by atoms with Crippen LogP contribution in [0.1, 0.15) is 43.0 Å². The number of halogens is 3. The van der Waals surface area contributed by atoms with E-state index >= 15 is 0 Å². The maximum atomic E-state index is 12.8. The number of rotatable bonds is 6. The molecule has 3 amide bonds. The normalized spacial score (nSPS) is 18.4. The third-order valence-electron chi connectivity index (χ3n) is 8.20. The van der Waals surface area contributed by atoms with Crippen LogP contribution in [0.15, 0.2) is 46.4 Å². The molecule has 2 aromatic rings. The monoisotopic (exact) mass is 836 g/mol. The third-order valence-corrected chi connectivity index (χ3v) is 10.6. The molecular formula is C37H43F3N6O9S2. The Labute approximate surface area is 335 Å². The Morgan fingerprint density at radius 2 is 1.32 bits per heavy atom. The average molecular weight is 837 g/mol. The molecule has 0 radical (unpaired) electrons. The number of thioether (sulfide) groups is 2. The lowest BCUT2D eigenvalue weighted by Crippen LogP contribution is -2.47. The number of carbonyl (C=O) groups is 6. The predicted octanol–water partition coefficient (Wildman–Crippen LogP) is 4.01. The van der Waals surface area contributed by atoms with Crippen LogP contribution in [0.2, 0.25) is 0 Å². The number of hydrogen-bond donors (Lipinski definition) is 3. The second-order valence-electron chi connectivity index (χ2n) is 13.5. The molecule has 0 bridgehead atoms. The maximum Gasteiger partial charge on any atom is 0.446 e. The van der Waals surface area contributed by atoms with Crippen molar-refractivity contribution in [1.29, 1.82) is 0 Å². The summed E-state index contributed by atoms with van der Waals surface area (Å²) in [5.41, 5.74) is 4.53. The van der Waals surface area contributed by atoms with Gasteiger partial charge in [0.25, 0.3) is 0 Å². The number of amides is 3. The minimum absolute atomic E-state index is 0.0216. The molecule has 15 nitrogen and oxygen atoms in total. The van der Waals surface area contributed by atoms with Crippen molar-refractivity contribution >= 4 is 82.5 Å². The molecule has 0 aliphatic carbocycles. The van der Waals surface area contributed by atoms with Crippen molar-refractivity contribution in [1.82, 2.24) is 10.2 Å². The lowest BCUT2D eigenvalue weighted by atomic mass is 10.0. The summed E-state index contributed by atoms with van der Waals surface area (Å²) in [5.74, 6) is 0.420. The van der Waals surface area contributed by atoms with Gasteiger partial charge in [-0.25, -0.2) is 14.4 Å². The summed E-state index contributed by atoms with van der Waals surface area (Å²) in [7, 11) is 2.65. The maximum absolute atomic E-state index is 12.8. The van der Waals surface area contributed by atoms with Gasteiger partial charge in [0.1, 0.15) is 10.9 Å². The molecule has 0 aromatic heterocycles. The summed E-state index contributed by atoms with van der Waals surface area (Å²) in [6, 6.07) is 10.9. The van der Waals surface area contributed by atoms with Gasteiger partial charge in [-0.2, -0.15) is 13.2 Å². The molecule has 2 saturated heterocycles. The summed E-state index contributed by atoms with van der Waals surface area (Å²) in [5, 5.41) is 8.51. The fourth-order valence-corrected chi connectivity index (χ4v) is 7.64. The molecule has 2 fully saturated rings. The lowest BCUT2D eigenvalue weighted by molar-refractivity contribution is -0.156. The molecule has 20 heteroatoms. The van der Waals surface area contributed by atoms with Gasteiger partial charge in [0.2, 0.25) is 18.1 Å². The molecule has 0 spiro atoms. The number of hydrogen-bond acceptors (Lipinski definition) is 14. The van der Waals surface area contributed by atoms with E-state index in [-0.39, 0.29) is 29.3 Å². The highest BCUT2D eigenvalue weighted by molar-refractivity contribution is 8.01. The van der Waals surface area contributed by atoms with Crippen LogP contribution in [-0.4, -0.2) is 127 Å². The number of esters is 2. The molecule has 6 rings (SSSR count). The topological polar surface area (TPSA) is 194 Å². The van der Waals surface area contributed by atoms with E-state index in [4.69, 9.17) is 19.0 Å². The Morgan fingerprint density at radius 3 is 1.75 bits per heavy atom. The van der Waals surface area contributed by atoms with Crippen molar-refractivity contribution < 1.29 is 56.1 Å². The Morgan fingerprint density at radius 1 is 0.825 bits per heavy atom. The quantitative estimate of drug-likeness (QED) is 0.216. The van der Waals surface area contributed by atoms with Gasteiger partial charge in [-0.15, -0.1) is 23.5 Å². The van der Waals surface area contributed by atoms with E-state index < -0.39 is 41.3 Å². The highest BCUT2D eigenvalue weighted by Crippen LogP contribution is 2.27. The van der Waals surface area contributed by atoms with Gasteiger partial charge < -0.3 is 35.1 Å². The summed E-state index contributed by atoms with van der Waals surface area (Å²) in [6.45, 7) is 8.76. The van der Waals surface area contributed by atoms with Crippen molar-refractivity contribution in [3.8, 4) is 0 Å². The molecular weight excluding hydrogens is 794 g/mol. The Kier molecular flexibility index (Phi) is 15.7. The van der Waals surface area contributed by atoms with Crippen molar-refractivity contribution in [3.63, 3.8) is 0 Å². The molecule has 2 aromatic carbocycles. The Hall–Kier alpha value is -4.95. The van der Waals surface area contributed by atoms with Crippen LogP contribution in [0.25, 0.3) is 0 Å². The van der Waals surface area contributed by atoms with E-state index in [1.807, 2.05) is 39.0 Å². The first-order valence-electron chi connectivity index (χ1n) is 17.5. The van der Waals surface area contributed by atoms with Gasteiger partial charge in [0.05, 0.1) is 32.6 Å². The number of nitrogens with zero attached hydrogens (tertiary/aromatic N) is 3. The second-order valence-corrected chi connectivity index (χ2v) is 16.2. The van der Waals surface area contributed by atoms with E-state index in [0.29, 0.717) is 54.6 Å². The Balaban J connectivity index is 0.000000227. The molecule has 4 heterocycles. The highest BCUT2D eigenvalue weighted by atomic mass is 32.2. The van der Waals surface area contributed by atoms with Crippen LogP contribution in [0, 0.1) is 0 Å². The summed E-state index contributed by atoms with van der Waals surface area (Å²) in [4.78, 5) is 79.6. The van der Waals surface area contributed by atoms with E-state index in [1.54, 1.807) is 34.9 Å². The fraction of sp³-hybridized carbons (Fsp3) is 0.459. The molecule has 3 N–H and O–H groups in total. The van der Waals surface area contributed by atoms with Crippen molar-refractivity contribution in [2.75, 3.05) is 62.5 Å². The molecule has 0 saturated carbocycles. The number of aldehydes is 1. The number of benzene rings is 2. The van der Waals surface area contributed by atoms with Gasteiger partial charge in [0, 0.05) is 60.2 Å². The number of alkyl halides is 3. The lowest BCUT2D eigenvalue weighted by Gasteiger charge is -2.33. The van der Waals surface area contributed by atoms with Crippen LogP contribution in [-0.2, 0) is 51.3 Å². The average Bonchev–Trinajstić information content (AvgIpc) is 3.81. The summed E-state index contributed by atoms with van der Waals surface area (Å²) < 4.78 is 46.2. The second kappa shape index (κ2) is 20.0. The largest absolute Gasteiger partial charge is 0.464 e. The van der Waals surface area contributed by atoms with Crippen LogP contribution >= 0.6 is 23.5 Å².